The van der Waals surface area contributed by atoms with Gasteiger partial charge in [-0.25, -0.2) is 0 Å². The number of fused-ring (bicyclic) bond motifs is 6. The summed E-state index contributed by atoms with van der Waals surface area (Å²) in [6, 6.07) is 30.2. The minimum atomic E-state index is 1.05. The first-order valence-electron chi connectivity index (χ1n) is 13.6. The van der Waals surface area contributed by atoms with Crippen LogP contribution >= 0.6 is 0 Å². The molecule has 1 aliphatic rings. The molecule has 0 unspecified atom stereocenters. The third kappa shape index (κ3) is 3.45. The van der Waals surface area contributed by atoms with Gasteiger partial charge < -0.3 is 4.57 Å². The maximum atomic E-state index is 2.43. The van der Waals surface area contributed by atoms with Crippen LogP contribution in [-0.2, 0) is 13.5 Å². The lowest BCUT2D eigenvalue weighted by molar-refractivity contribution is 1.01. The smallest absolute Gasteiger partial charge is 0.0494 e. The van der Waals surface area contributed by atoms with Gasteiger partial charge in [0, 0.05) is 28.9 Å². The summed E-state index contributed by atoms with van der Waals surface area (Å²) in [5.74, 6) is 0. The van der Waals surface area contributed by atoms with E-state index in [1.54, 1.807) is 0 Å². The fourth-order valence-corrected chi connectivity index (χ4v) is 6.73. The van der Waals surface area contributed by atoms with Crippen molar-refractivity contribution in [2.24, 2.45) is 7.05 Å². The van der Waals surface area contributed by atoms with Crippen LogP contribution in [0.2, 0.25) is 0 Å². The molecule has 186 valence electrons. The topological polar surface area (TPSA) is 4.93 Å². The highest BCUT2D eigenvalue weighted by Crippen LogP contribution is 2.43. The van der Waals surface area contributed by atoms with Gasteiger partial charge in [-0.2, -0.15) is 0 Å². The number of nitrogens with zero attached hydrogens (tertiary/aromatic N) is 1. The second-order valence-corrected chi connectivity index (χ2v) is 11.5. The Hall–Kier alpha value is -4.10. The van der Waals surface area contributed by atoms with Crippen LogP contribution in [0.1, 0.15) is 38.9 Å². The summed E-state index contributed by atoms with van der Waals surface area (Å²) in [6.07, 6.45) is 1.05. The molecule has 0 N–H and O–H groups in total. The van der Waals surface area contributed by atoms with E-state index < -0.39 is 0 Å². The van der Waals surface area contributed by atoms with E-state index in [4.69, 9.17) is 0 Å². The van der Waals surface area contributed by atoms with E-state index in [1.807, 2.05) is 0 Å². The summed E-state index contributed by atoms with van der Waals surface area (Å²) in [7, 11) is 2.18. The summed E-state index contributed by atoms with van der Waals surface area (Å²) in [5, 5.41) is 2.65. The molecule has 1 nitrogen and oxygen atoms in total. The maximum Gasteiger partial charge on any atom is 0.0494 e. The first-order valence-corrected chi connectivity index (χ1v) is 13.6. The van der Waals surface area contributed by atoms with Gasteiger partial charge in [0.15, 0.2) is 0 Å². The molecule has 0 amide bonds. The lowest BCUT2D eigenvalue weighted by atomic mass is 9.91. The molecule has 0 spiro atoms. The fraction of sp³-hybridized carbons (Fsp3) is 0.189. The second-order valence-electron chi connectivity index (χ2n) is 11.5. The van der Waals surface area contributed by atoms with Crippen molar-refractivity contribution >= 4 is 21.8 Å². The molecule has 0 saturated carbocycles. The standard InChI is InChI=1S/C37H33N/c1-21-7-10-36-35(14-21)30-9-8-26(19-37(30)38(36)6)27-12-23(3)13-28(17-27)29-16-25(5)32-20-31-24(4)11-22(2)15-33(31)34(32)18-29/h7-19H,20H2,1-6H3. The molecule has 0 atom stereocenters. The minimum absolute atomic E-state index is 1.05. The molecule has 5 aromatic carbocycles. The van der Waals surface area contributed by atoms with Crippen LogP contribution in [-0.4, -0.2) is 4.57 Å². The zero-order valence-corrected chi connectivity index (χ0v) is 23.2. The monoisotopic (exact) mass is 491 g/mol. The number of hydrogen-bond acceptors (Lipinski definition) is 0. The molecule has 1 heteroatoms. The highest BCUT2D eigenvalue weighted by Gasteiger charge is 2.23. The SMILES string of the molecule is Cc1cc(-c2cc(C)c3c(c2)-c2cc(C)cc(C)c2C3)cc(-c2ccc3c4cc(C)ccc4n(C)c3c2)c1. The van der Waals surface area contributed by atoms with Crippen LogP contribution in [0.25, 0.3) is 55.2 Å². The van der Waals surface area contributed by atoms with Crippen molar-refractivity contribution in [1.82, 2.24) is 4.57 Å². The summed E-state index contributed by atoms with van der Waals surface area (Å²) in [6.45, 7) is 11.1. The predicted octanol–water partition coefficient (Wildman–Crippen LogP) is 9.78. The Kier molecular flexibility index (Phi) is 4.97. The van der Waals surface area contributed by atoms with Crippen molar-refractivity contribution < 1.29 is 0 Å². The van der Waals surface area contributed by atoms with Gasteiger partial charge in [-0.1, -0.05) is 59.7 Å². The Morgan fingerprint density at radius 3 is 1.92 bits per heavy atom. The zero-order chi connectivity index (χ0) is 26.3. The molecule has 0 fully saturated rings. The normalized spacial score (nSPS) is 12.4. The van der Waals surface area contributed by atoms with Crippen LogP contribution in [0, 0.1) is 34.6 Å². The molecular weight excluding hydrogens is 458 g/mol. The number of benzene rings is 5. The van der Waals surface area contributed by atoms with Gasteiger partial charge in [-0.05, 0) is 133 Å². The summed E-state index contributed by atoms with van der Waals surface area (Å²) in [5.41, 5.74) is 20.2. The van der Waals surface area contributed by atoms with Gasteiger partial charge >= 0.3 is 0 Å². The van der Waals surface area contributed by atoms with Crippen LogP contribution in [0.15, 0.2) is 78.9 Å². The molecular formula is C37H33N. The van der Waals surface area contributed by atoms with E-state index in [9.17, 15) is 0 Å². The van der Waals surface area contributed by atoms with Crippen molar-refractivity contribution in [3.8, 4) is 33.4 Å². The average molecular weight is 492 g/mol. The molecule has 0 saturated heterocycles. The Morgan fingerprint density at radius 1 is 0.474 bits per heavy atom. The van der Waals surface area contributed by atoms with Gasteiger partial charge in [0.05, 0.1) is 0 Å². The van der Waals surface area contributed by atoms with Crippen molar-refractivity contribution in [3.05, 3.63) is 118 Å². The van der Waals surface area contributed by atoms with Gasteiger partial charge in [0.25, 0.3) is 0 Å². The van der Waals surface area contributed by atoms with E-state index in [0.29, 0.717) is 0 Å². The van der Waals surface area contributed by atoms with Gasteiger partial charge in [-0.3, -0.25) is 0 Å². The largest absolute Gasteiger partial charge is 0.344 e. The van der Waals surface area contributed by atoms with Crippen LogP contribution < -0.4 is 0 Å². The molecule has 38 heavy (non-hydrogen) atoms. The third-order valence-electron chi connectivity index (χ3n) is 8.64. The van der Waals surface area contributed by atoms with Gasteiger partial charge in [0.2, 0.25) is 0 Å². The Labute approximate surface area is 225 Å². The van der Waals surface area contributed by atoms with E-state index in [0.717, 1.165) is 6.42 Å². The first kappa shape index (κ1) is 23.0. The second kappa shape index (κ2) is 8.20. The average Bonchev–Trinajstić information content (AvgIpc) is 3.39. The molecule has 7 rings (SSSR count). The number of aryl methyl sites for hydroxylation is 6. The van der Waals surface area contributed by atoms with E-state index in [2.05, 4.69) is 125 Å². The van der Waals surface area contributed by atoms with Crippen molar-refractivity contribution in [3.63, 3.8) is 0 Å². The first-order chi connectivity index (χ1) is 18.3. The predicted molar refractivity (Wildman–Crippen MR) is 163 cm³/mol. The quantitative estimate of drug-likeness (QED) is 0.227. The molecule has 6 aromatic rings. The lowest BCUT2D eigenvalue weighted by Crippen LogP contribution is -1.91. The van der Waals surface area contributed by atoms with E-state index in [-0.39, 0.29) is 0 Å². The fourth-order valence-electron chi connectivity index (χ4n) is 6.73. The van der Waals surface area contributed by atoms with Crippen molar-refractivity contribution in [2.75, 3.05) is 0 Å². The number of rotatable bonds is 2. The molecule has 1 heterocycles. The van der Waals surface area contributed by atoms with Gasteiger partial charge in [0.1, 0.15) is 0 Å². The number of hydrogen-bond donors (Lipinski definition) is 0. The van der Waals surface area contributed by atoms with Crippen LogP contribution in [0.4, 0.5) is 0 Å². The van der Waals surface area contributed by atoms with Crippen molar-refractivity contribution in [1.29, 1.82) is 0 Å². The lowest BCUT2D eigenvalue weighted by Gasteiger charge is -2.13. The van der Waals surface area contributed by atoms with E-state index in [1.165, 1.54) is 94.1 Å². The van der Waals surface area contributed by atoms with Crippen molar-refractivity contribution in [2.45, 2.75) is 41.0 Å². The van der Waals surface area contributed by atoms with Crippen LogP contribution in [0.3, 0.4) is 0 Å². The number of aromatic nitrogens is 1. The summed E-state index contributed by atoms with van der Waals surface area (Å²) < 4.78 is 2.33. The van der Waals surface area contributed by atoms with E-state index >= 15 is 0 Å². The highest BCUT2D eigenvalue weighted by atomic mass is 14.9. The minimum Gasteiger partial charge on any atom is -0.344 e. The van der Waals surface area contributed by atoms with Gasteiger partial charge in [-0.15, -0.1) is 0 Å². The Morgan fingerprint density at radius 2 is 1.13 bits per heavy atom. The molecule has 1 aliphatic carbocycles. The summed E-state index contributed by atoms with van der Waals surface area (Å²) >= 11 is 0. The molecule has 0 radical (unpaired) electrons. The molecule has 0 bridgehead atoms. The maximum absolute atomic E-state index is 2.43. The Bertz CT molecular complexity index is 1950. The highest BCUT2D eigenvalue weighted by molar-refractivity contribution is 6.09. The Balaban J connectivity index is 1.37. The third-order valence-corrected chi connectivity index (χ3v) is 8.64. The molecule has 1 aromatic heterocycles. The zero-order valence-electron chi connectivity index (χ0n) is 23.2. The molecule has 0 aliphatic heterocycles. The van der Waals surface area contributed by atoms with Crippen LogP contribution in [0.5, 0.6) is 0 Å². The summed E-state index contributed by atoms with van der Waals surface area (Å²) in [4.78, 5) is 0.